The van der Waals surface area contributed by atoms with Crippen molar-refractivity contribution in [2.75, 3.05) is 26.2 Å². The number of piperidine rings is 1. The van der Waals surface area contributed by atoms with Gasteiger partial charge in [-0.2, -0.15) is 13.2 Å². The highest BCUT2D eigenvalue weighted by molar-refractivity contribution is 4.87. The molecular formula is C8H14F4N2. The lowest BCUT2D eigenvalue weighted by atomic mass is 9.93. The topological polar surface area (TPSA) is 29.3 Å². The summed E-state index contributed by atoms with van der Waals surface area (Å²) in [7, 11) is 0. The van der Waals surface area contributed by atoms with Crippen LogP contribution in [0.25, 0.3) is 0 Å². The van der Waals surface area contributed by atoms with Crippen LogP contribution in [0.3, 0.4) is 0 Å². The van der Waals surface area contributed by atoms with Crippen LogP contribution in [0.5, 0.6) is 0 Å². The fourth-order valence-electron chi connectivity index (χ4n) is 1.57. The van der Waals surface area contributed by atoms with E-state index >= 15 is 0 Å². The molecular weight excluding hydrogens is 200 g/mol. The molecule has 0 amide bonds. The molecule has 0 spiro atoms. The van der Waals surface area contributed by atoms with Crippen molar-refractivity contribution in [1.82, 2.24) is 4.90 Å². The minimum Gasteiger partial charge on any atom is -0.328 e. The normalized spacial score (nSPS) is 23.8. The Kier molecular flexibility index (Phi) is 3.36. The molecule has 0 aliphatic carbocycles. The maximum Gasteiger partial charge on any atom is 0.401 e. The highest BCUT2D eigenvalue weighted by Crippen LogP contribution is 2.27. The van der Waals surface area contributed by atoms with Crippen molar-refractivity contribution in [3.8, 4) is 0 Å². The second-order valence-corrected chi connectivity index (χ2v) is 3.75. The fourth-order valence-corrected chi connectivity index (χ4v) is 1.57. The van der Waals surface area contributed by atoms with Crippen molar-refractivity contribution < 1.29 is 17.6 Å². The van der Waals surface area contributed by atoms with Gasteiger partial charge in [0.15, 0.2) is 0 Å². The van der Waals surface area contributed by atoms with Gasteiger partial charge in [0.25, 0.3) is 0 Å². The maximum atomic E-state index is 13.5. The predicted molar refractivity (Wildman–Crippen MR) is 44.6 cm³/mol. The molecule has 6 heteroatoms. The molecule has 0 radical (unpaired) electrons. The highest BCUT2D eigenvalue weighted by Gasteiger charge is 2.37. The lowest BCUT2D eigenvalue weighted by molar-refractivity contribution is -0.151. The molecule has 2 N–H and O–H groups in total. The minimum atomic E-state index is -4.20. The van der Waals surface area contributed by atoms with Crippen LogP contribution in [0.4, 0.5) is 17.6 Å². The van der Waals surface area contributed by atoms with E-state index in [2.05, 4.69) is 0 Å². The zero-order valence-corrected chi connectivity index (χ0v) is 7.78. The van der Waals surface area contributed by atoms with Gasteiger partial charge in [-0.25, -0.2) is 4.39 Å². The van der Waals surface area contributed by atoms with E-state index in [0.717, 1.165) is 0 Å². The number of alkyl halides is 4. The zero-order chi connectivity index (χ0) is 10.8. The number of rotatable bonds is 2. The largest absolute Gasteiger partial charge is 0.401 e. The monoisotopic (exact) mass is 214 g/mol. The van der Waals surface area contributed by atoms with Gasteiger partial charge in [-0.05, 0) is 12.8 Å². The molecule has 0 aromatic rings. The lowest BCUT2D eigenvalue weighted by Crippen LogP contribution is -2.48. The lowest BCUT2D eigenvalue weighted by Gasteiger charge is -2.35. The molecule has 1 rings (SSSR count). The first kappa shape index (κ1) is 11.7. The number of nitrogens with two attached hydrogens (primary N) is 1. The third-order valence-electron chi connectivity index (χ3n) is 2.52. The van der Waals surface area contributed by atoms with Crippen LogP contribution in [0, 0.1) is 0 Å². The molecule has 0 unspecified atom stereocenters. The molecule has 14 heavy (non-hydrogen) atoms. The van der Waals surface area contributed by atoms with E-state index in [9.17, 15) is 17.6 Å². The molecule has 1 aliphatic rings. The minimum absolute atomic E-state index is 0.0968. The fraction of sp³-hybridized carbons (Fsp3) is 1.00. The Balaban J connectivity index is 2.36. The Morgan fingerprint density at radius 2 is 1.71 bits per heavy atom. The molecule has 0 atom stereocenters. The van der Waals surface area contributed by atoms with E-state index < -0.39 is 18.4 Å². The van der Waals surface area contributed by atoms with E-state index in [4.69, 9.17) is 5.73 Å². The molecule has 1 aliphatic heterocycles. The van der Waals surface area contributed by atoms with Crippen molar-refractivity contribution in [3.05, 3.63) is 0 Å². The highest BCUT2D eigenvalue weighted by atomic mass is 19.4. The summed E-state index contributed by atoms with van der Waals surface area (Å²) < 4.78 is 49.3. The quantitative estimate of drug-likeness (QED) is 0.702. The van der Waals surface area contributed by atoms with Crippen LogP contribution in [0.1, 0.15) is 12.8 Å². The summed E-state index contributed by atoms with van der Waals surface area (Å²) in [5.74, 6) is 0. The molecule has 0 aromatic heterocycles. The van der Waals surface area contributed by atoms with Crippen LogP contribution in [-0.4, -0.2) is 42.9 Å². The van der Waals surface area contributed by atoms with Gasteiger partial charge in [0.05, 0.1) is 6.54 Å². The number of halogens is 4. The standard InChI is InChI=1S/C8H14F4N2/c9-7(5-13)1-3-14(4-2-7)6-8(10,11)12/h1-6,13H2. The van der Waals surface area contributed by atoms with Gasteiger partial charge < -0.3 is 5.73 Å². The van der Waals surface area contributed by atoms with Gasteiger partial charge in [-0.15, -0.1) is 0 Å². The third kappa shape index (κ3) is 3.42. The third-order valence-corrected chi connectivity index (χ3v) is 2.52. The SMILES string of the molecule is NCC1(F)CCN(CC(F)(F)F)CC1. The first-order valence-electron chi connectivity index (χ1n) is 4.53. The van der Waals surface area contributed by atoms with Crippen molar-refractivity contribution in [1.29, 1.82) is 0 Å². The Bertz CT molecular complexity index is 184. The van der Waals surface area contributed by atoms with Crippen LogP contribution in [-0.2, 0) is 0 Å². The Morgan fingerprint density at radius 1 is 1.21 bits per heavy atom. The van der Waals surface area contributed by atoms with Crippen molar-refractivity contribution >= 4 is 0 Å². The second-order valence-electron chi connectivity index (χ2n) is 3.75. The molecule has 84 valence electrons. The zero-order valence-electron chi connectivity index (χ0n) is 7.78. The first-order chi connectivity index (χ1) is 6.35. The van der Waals surface area contributed by atoms with Gasteiger partial charge in [0.1, 0.15) is 5.67 Å². The second kappa shape index (κ2) is 4.02. The number of nitrogens with zero attached hydrogens (tertiary/aromatic N) is 1. The van der Waals surface area contributed by atoms with Crippen LogP contribution in [0.15, 0.2) is 0 Å². The van der Waals surface area contributed by atoms with E-state index in [1.54, 1.807) is 0 Å². The Labute approximate surface area is 80.0 Å². The van der Waals surface area contributed by atoms with Crippen LogP contribution < -0.4 is 5.73 Å². The summed E-state index contributed by atoms with van der Waals surface area (Å²) >= 11 is 0. The average Bonchev–Trinajstić information content (AvgIpc) is 2.07. The van der Waals surface area contributed by atoms with Crippen LogP contribution >= 0.6 is 0 Å². The van der Waals surface area contributed by atoms with Gasteiger partial charge in [0, 0.05) is 19.6 Å². The Morgan fingerprint density at radius 3 is 2.07 bits per heavy atom. The van der Waals surface area contributed by atoms with E-state index in [1.165, 1.54) is 4.90 Å². The molecule has 1 saturated heterocycles. The molecule has 1 heterocycles. The molecule has 0 saturated carbocycles. The smallest absolute Gasteiger partial charge is 0.328 e. The number of hydrogen-bond acceptors (Lipinski definition) is 2. The first-order valence-corrected chi connectivity index (χ1v) is 4.53. The molecule has 0 bridgehead atoms. The van der Waals surface area contributed by atoms with Gasteiger partial charge in [-0.3, -0.25) is 4.90 Å². The van der Waals surface area contributed by atoms with E-state index in [1.807, 2.05) is 0 Å². The predicted octanol–water partition coefficient (Wildman–Crippen LogP) is 1.31. The summed E-state index contributed by atoms with van der Waals surface area (Å²) in [6.07, 6.45) is -4.00. The number of hydrogen-bond donors (Lipinski definition) is 1. The molecule has 0 aromatic carbocycles. The van der Waals surface area contributed by atoms with E-state index in [-0.39, 0.29) is 32.5 Å². The number of likely N-dealkylation sites (tertiary alicyclic amines) is 1. The Hall–Kier alpha value is -0.360. The van der Waals surface area contributed by atoms with Gasteiger partial charge in [-0.1, -0.05) is 0 Å². The summed E-state index contributed by atoms with van der Waals surface area (Å²) in [6.45, 7) is -0.791. The average molecular weight is 214 g/mol. The summed E-state index contributed by atoms with van der Waals surface area (Å²) in [5.41, 5.74) is 3.74. The molecule has 2 nitrogen and oxygen atoms in total. The van der Waals surface area contributed by atoms with Gasteiger partial charge in [0.2, 0.25) is 0 Å². The van der Waals surface area contributed by atoms with Crippen molar-refractivity contribution in [2.45, 2.75) is 24.7 Å². The van der Waals surface area contributed by atoms with Crippen LogP contribution in [0.2, 0.25) is 0 Å². The van der Waals surface area contributed by atoms with E-state index in [0.29, 0.717) is 0 Å². The van der Waals surface area contributed by atoms with Crippen molar-refractivity contribution in [2.24, 2.45) is 5.73 Å². The summed E-state index contributed by atoms with van der Waals surface area (Å²) in [5, 5.41) is 0. The summed E-state index contributed by atoms with van der Waals surface area (Å²) in [6, 6.07) is 0. The summed E-state index contributed by atoms with van der Waals surface area (Å²) in [4.78, 5) is 1.22. The van der Waals surface area contributed by atoms with Crippen molar-refractivity contribution in [3.63, 3.8) is 0 Å². The molecule has 1 fully saturated rings. The van der Waals surface area contributed by atoms with Gasteiger partial charge >= 0.3 is 6.18 Å². The maximum absolute atomic E-state index is 13.5.